The molecule has 0 saturated heterocycles. The molecule has 5 nitrogen and oxygen atoms in total. The molecule has 2 aromatic rings. The second kappa shape index (κ2) is 2.55. The number of nitrogens with zero attached hydrogens (tertiary/aromatic N) is 2. The molecule has 0 aliphatic rings. The molecule has 0 amide bonds. The number of benzene rings is 1. The monoisotopic (exact) mass is 177 g/mol. The zero-order valence-electron chi connectivity index (χ0n) is 6.90. The fraction of sp³-hybridized carbons (Fsp3) is 0.125. The number of hydrogen-bond acceptors (Lipinski definition) is 3. The molecule has 0 bridgehead atoms. The summed E-state index contributed by atoms with van der Waals surface area (Å²) < 4.78 is 0. The van der Waals surface area contributed by atoms with E-state index in [-0.39, 0.29) is 5.56 Å². The molecular weight excluding hydrogens is 170 g/mol. The van der Waals surface area contributed by atoms with Gasteiger partial charge in [0.15, 0.2) is 0 Å². The Hall–Kier alpha value is -1.91. The van der Waals surface area contributed by atoms with Crippen molar-refractivity contribution < 1.29 is 9.90 Å². The second-order valence-electron chi connectivity index (χ2n) is 2.75. The molecule has 5 heteroatoms. The number of aromatic amines is 1. The van der Waals surface area contributed by atoms with Crippen LogP contribution in [0.25, 0.3) is 11.0 Å². The van der Waals surface area contributed by atoms with Crippen LogP contribution in [0.1, 0.15) is 15.9 Å². The topological polar surface area (TPSA) is 78.9 Å². The molecular formula is C8H7N3O2. The molecule has 1 aromatic heterocycles. The summed E-state index contributed by atoms with van der Waals surface area (Å²) in [6.07, 6.45) is 0. The third-order valence-corrected chi connectivity index (χ3v) is 1.99. The molecule has 2 N–H and O–H groups in total. The smallest absolute Gasteiger partial charge is 0.336 e. The zero-order chi connectivity index (χ0) is 9.42. The number of hydrogen-bond donors (Lipinski definition) is 2. The number of carboxylic acid groups (broad SMARTS) is 1. The number of aromatic nitrogens is 3. The Labute approximate surface area is 73.4 Å². The first-order valence-corrected chi connectivity index (χ1v) is 3.74. The van der Waals surface area contributed by atoms with E-state index in [1.165, 1.54) is 6.07 Å². The number of aromatic carboxylic acids is 1. The highest BCUT2D eigenvalue weighted by molar-refractivity contribution is 5.95. The van der Waals surface area contributed by atoms with Gasteiger partial charge >= 0.3 is 5.97 Å². The van der Waals surface area contributed by atoms with Gasteiger partial charge in [-0.15, -0.1) is 5.10 Å². The zero-order valence-corrected chi connectivity index (χ0v) is 6.90. The Morgan fingerprint density at radius 3 is 3.00 bits per heavy atom. The van der Waals surface area contributed by atoms with Gasteiger partial charge in [-0.1, -0.05) is 5.21 Å². The number of H-pyrrole nitrogens is 1. The average Bonchev–Trinajstić information content (AvgIpc) is 2.52. The molecule has 0 fully saturated rings. The summed E-state index contributed by atoms with van der Waals surface area (Å²) in [4.78, 5) is 10.7. The van der Waals surface area contributed by atoms with Crippen LogP contribution in [-0.4, -0.2) is 26.5 Å². The van der Waals surface area contributed by atoms with Gasteiger partial charge in [0.05, 0.1) is 11.1 Å². The number of fused-ring (bicyclic) bond motifs is 1. The second-order valence-corrected chi connectivity index (χ2v) is 2.75. The van der Waals surface area contributed by atoms with Crippen LogP contribution >= 0.6 is 0 Å². The van der Waals surface area contributed by atoms with E-state index < -0.39 is 5.97 Å². The van der Waals surface area contributed by atoms with Crippen LogP contribution < -0.4 is 0 Å². The molecule has 66 valence electrons. The summed E-state index contributed by atoms with van der Waals surface area (Å²) in [5.74, 6) is -0.936. The van der Waals surface area contributed by atoms with Crippen molar-refractivity contribution in [1.82, 2.24) is 15.4 Å². The maximum absolute atomic E-state index is 10.7. The van der Waals surface area contributed by atoms with Gasteiger partial charge in [0.25, 0.3) is 0 Å². The highest BCUT2D eigenvalue weighted by Crippen LogP contribution is 2.17. The first-order valence-electron chi connectivity index (χ1n) is 3.74. The quantitative estimate of drug-likeness (QED) is 0.680. The minimum atomic E-state index is -0.936. The summed E-state index contributed by atoms with van der Waals surface area (Å²) >= 11 is 0. The lowest BCUT2D eigenvalue weighted by atomic mass is 10.1. The Balaban J connectivity index is 2.80. The summed E-state index contributed by atoms with van der Waals surface area (Å²) in [6.45, 7) is 1.73. The first kappa shape index (κ1) is 7.72. The van der Waals surface area contributed by atoms with Crippen LogP contribution in [0.4, 0.5) is 0 Å². The molecule has 0 spiro atoms. The van der Waals surface area contributed by atoms with Crippen molar-refractivity contribution in [3.8, 4) is 0 Å². The molecule has 1 aromatic carbocycles. The van der Waals surface area contributed by atoms with Crippen LogP contribution in [0.3, 0.4) is 0 Å². The number of rotatable bonds is 1. The van der Waals surface area contributed by atoms with E-state index in [9.17, 15) is 4.79 Å². The lowest BCUT2D eigenvalue weighted by molar-refractivity contribution is 0.0696. The predicted octanol–water partition coefficient (Wildman–Crippen LogP) is 0.965. The van der Waals surface area contributed by atoms with Gasteiger partial charge < -0.3 is 5.11 Å². The Bertz CT molecular complexity index is 475. The van der Waals surface area contributed by atoms with Gasteiger partial charge in [-0.3, -0.25) is 5.10 Å². The predicted molar refractivity (Wildman–Crippen MR) is 45.6 cm³/mol. The minimum Gasteiger partial charge on any atom is -0.478 e. The van der Waals surface area contributed by atoms with Crippen LogP contribution in [0, 0.1) is 6.92 Å². The average molecular weight is 177 g/mol. The summed E-state index contributed by atoms with van der Waals surface area (Å²) in [6, 6.07) is 3.16. The van der Waals surface area contributed by atoms with Crippen molar-refractivity contribution in [2.24, 2.45) is 0 Å². The lowest BCUT2D eigenvalue weighted by Crippen LogP contribution is -1.99. The number of carbonyl (C=O) groups is 1. The third-order valence-electron chi connectivity index (χ3n) is 1.99. The lowest BCUT2D eigenvalue weighted by Gasteiger charge is -1.99. The summed E-state index contributed by atoms with van der Waals surface area (Å²) in [5.41, 5.74) is 2.30. The van der Waals surface area contributed by atoms with E-state index in [1.807, 2.05) is 0 Å². The molecule has 0 aliphatic heterocycles. The summed E-state index contributed by atoms with van der Waals surface area (Å²) in [7, 11) is 0. The van der Waals surface area contributed by atoms with E-state index >= 15 is 0 Å². The van der Waals surface area contributed by atoms with Crippen molar-refractivity contribution >= 4 is 17.0 Å². The number of carboxylic acids is 1. The van der Waals surface area contributed by atoms with E-state index in [1.54, 1.807) is 13.0 Å². The van der Waals surface area contributed by atoms with Crippen molar-refractivity contribution in [3.05, 3.63) is 23.3 Å². The van der Waals surface area contributed by atoms with Crippen LogP contribution in [0.15, 0.2) is 12.1 Å². The summed E-state index contributed by atoms with van der Waals surface area (Å²) in [5, 5.41) is 18.8. The van der Waals surface area contributed by atoms with Crippen molar-refractivity contribution in [2.75, 3.05) is 0 Å². The van der Waals surface area contributed by atoms with Crippen molar-refractivity contribution in [2.45, 2.75) is 6.92 Å². The van der Waals surface area contributed by atoms with Crippen LogP contribution in [0.5, 0.6) is 0 Å². The van der Waals surface area contributed by atoms with Crippen molar-refractivity contribution in [1.29, 1.82) is 0 Å². The Morgan fingerprint density at radius 2 is 2.31 bits per heavy atom. The van der Waals surface area contributed by atoms with Gasteiger partial charge in [0.1, 0.15) is 5.52 Å². The number of nitrogens with one attached hydrogen (secondary N) is 1. The van der Waals surface area contributed by atoms with Crippen LogP contribution in [-0.2, 0) is 0 Å². The standard InChI is InChI=1S/C8H7N3O2/c1-4-5(8(12)13)2-3-6-7(4)10-11-9-6/h2-3H,1H3,(H,12,13)(H,9,10,11). The van der Waals surface area contributed by atoms with Gasteiger partial charge in [0, 0.05) is 0 Å². The molecule has 0 aliphatic carbocycles. The maximum Gasteiger partial charge on any atom is 0.336 e. The highest BCUT2D eigenvalue weighted by Gasteiger charge is 2.10. The third kappa shape index (κ3) is 1.05. The highest BCUT2D eigenvalue weighted by atomic mass is 16.4. The SMILES string of the molecule is Cc1c(C(=O)O)ccc2nn[nH]c12. The molecule has 0 radical (unpaired) electrons. The van der Waals surface area contributed by atoms with Gasteiger partial charge in [0.2, 0.25) is 0 Å². The fourth-order valence-electron chi connectivity index (χ4n) is 1.28. The van der Waals surface area contributed by atoms with Gasteiger partial charge in [-0.05, 0) is 24.6 Å². The molecule has 0 unspecified atom stereocenters. The normalized spacial score (nSPS) is 10.5. The maximum atomic E-state index is 10.7. The fourth-order valence-corrected chi connectivity index (χ4v) is 1.28. The van der Waals surface area contributed by atoms with E-state index in [2.05, 4.69) is 15.4 Å². The van der Waals surface area contributed by atoms with Crippen LogP contribution in [0.2, 0.25) is 0 Å². The van der Waals surface area contributed by atoms with E-state index in [0.29, 0.717) is 16.6 Å². The minimum absolute atomic E-state index is 0.276. The first-order chi connectivity index (χ1) is 6.20. The molecule has 13 heavy (non-hydrogen) atoms. The van der Waals surface area contributed by atoms with E-state index in [4.69, 9.17) is 5.11 Å². The van der Waals surface area contributed by atoms with Crippen molar-refractivity contribution in [3.63, 3.8) is 0 Å². The van der Waals surface area contributed by atoms with Gasteiger partial charge in [-0.25, -0.2) is 4.79 Å². The molecule has 1 heterocycles. The number of aryl methyl sites for hydroxylation is 1. The van der Waals surface area contributed by atoms with E-state index in [0.717, 1.165) is 0 Å². The van der Waals surface area contributed by atoms with Gasteiger partial charge in [-0.2, -0.15) is 0 Å². The molecule has 0 atom stereocenters. The largest absolute Gasteiger partial charge is 0.478 e. The molecule has 0 saturated carbocycles. The molecule has 2 rings (SSSR count). The Kier molecular flexibility index (Phi) is 1.51. The Morgan fingerprint density at radius 1 is 1.54 bits per heavy atom.